The monoisotopic (exact) mass is 171 g/mol. The topological polar surface area (TPSA) is 30.7 Å². The lowest BCUT2D eigenvalue weighted by atomic mass is 10.3. The van der Waals surface area contributed by atoms with Crippen LogP contribution in [-0.4, -0.2) is 20.9 Å². The summed E-state index contributed by atoms with van der Waals surface area (Å²) in [5.74, 6) is 0.655. The number of alkyl halides is 1. The summed E-state index contributed by atoms with van der Waals surface area (Å²) in [5, 5.41) is 7.51. The number of aryl methyl sites for hydroxylation is 1. The lowest BCUT2D eigenvalue weighted by Gasteiger charge is -1.89. The molecule has 0 spiro atoms. The molecule has 0 saturated heterocycles. The SMILES string of the molecule is Cn1nncc1/C=C/CCCl. The van der Waals surface area contributed by atoms with Gasteiger partial charge in [-0.05, 0) is 12.5 Å². The zero-order valence-corrected chi connectivity index (χ0v) is 7.12. The lowest BCUT2D eigenvalue weighted by Crippen LogP contribution is -1.92. The van der Waals surface area contributed by atoms with E-state index in [0.29, 0.717) is 5.88 Å². The number of halogens is 1. The summed E-state index contributed by atoms with van der Waals surface area (Å²) < 4.78 is 1.71. The second-order valence-electron chi connectivity index (χ2n) is 2.16. The van der Waals surface area contributed by atoms with E-state index >= 15 is 0 Å². The van der Waals surface area contributed by atoms with Crippen LogP contribution in [0, 0.1) is 0 Å². The van der Waals surface area contributed by atoms with Gasteiger partial charge in [0.2, 0.25) is 0 Å². The van der Waals surface area contributed by atoms with Crippen molar-refractivity contribution >= 4 is 17.7 Å². The first-order valence-electron chi connectivity index (χ1n) is 3.42. The minimum Gasteiger partial charge on any atom is -0.248 e. The Kier molecular flexibility index (Phi) is 3.11. The van der Waals surface area contributed by atoms with Crippen molar-refractivity contribution in [1.29, 1.82) is 0 Å². The molecule has 1 heterocycles. The molecule has 0 aliphatic carbocycles. The van der Waals surface area contributed by atoms with E-state index in [4.69, 9.17) is 11.6 Å². The molecule has 0 atom stereocenters. The summed E-state index contributed by atoms with van der Waals surface area (Å²) in [6, 6.07) is 0. The predicted octanol–water partition coefficient (Wildman–Crippen LogP) is 1.46. The van der Waals surface area contributed by atoms with Crippen molar-refractivity contribution in [2.45, 2.75) is 6.42 Å². The Labute approximate surface area is 70.7 Å². The summed E-state index contributed by atoms with van der Waals surface area (Å²) in [6.07, 6.45) is 6.56. The molecule has 1 aromatic heterocycles. The first kappa shape index (κ1) is 8.27. The van der Waals surface area contributed by atoms with Crippen LogP contribution in [0.2, 0.25) is 0 Å². The van der Waals surface area contributed by atoms with Gasteiger partial charge in [0, 0.05) is 12.9 Å². The molecule has 1 rings (SSSR count). The molecule has 0 saturated carbocycles. The van der Waals surface area contributed by atoms with Crippen molar-refractivity contribution < 1.29 is 0 Å². The largest absolute Gasteiger partial charge is 0.248 e. The quantitative estimate of drug-likeness (QED) is 0.645. The fraction of sp³-hybridized carbons (Fsp3) is 0.429. The predicted molar refractivity (Wildman–Crippen MR) is 45.4 cm³/mol. The second kappa shape index (κ2) is 4.13. The van der Waals surface area contributed by atoms with Crippen LogP contribution in [0.1, 0.15) is 12.1 Å². The Hall–Kier alpha value is -0.830. The van der Waals surface area contributed by atoms with E-state index in [1.165, 1.54) is 0 Å². The number of rotatable bonds is 3. The summed E-state index contributed by atoms with van der Waals surface area (Å²) in [4.78, 5) is 0. The van der Waals surface area contributed by atoms with Gasteiger partial charge in [-0.15, -0.1) is 16.7 Å². The van der Waals surface area contributed by atoms with E-state index < -0.39 is 0 Å². The summed E-state index contributed by atoms with van der Waals surface area (Å²) in [5.41, 5.74) is 0.995. The van der Waals surface area contributed by atoms with Crippen molar-refractivity contribution in [3.63, 3.8) is 0 Å². The van der Waals surface area contributed by atoms with Crippen molar-refractivity contribution in [3.8, 4) is 0 Å². The molecule has 11 heavy (non-hydrogen) atoms. The Morgan fingerprint density at radius 1 is 1.73 bits per heavy atom. The van der Waals surface area contributed by atoms with Gasteiger partial charge in [0.25, 0.3) is 0 Å². The minimum atomic E-state index is 0.655. The number of hydrogen-bond acceptors (Lipinski definition) is 2. The van der Waals surface area contributed by atoms with Crippen LogP contribution in [-0.2, 0) is 7.05 Å². The highest BCUT2D eigenvalue weighted by molar-refractivity contribution is 6.17. The van der Waals surface area contributed by atoms with Crippen molar-refractivity contribution in [2.24, 2.45) is 7.05 Å². The zero-order valence-electron chi connectivity index (χ0n) is 6.37. The summed E-state index contributed by atoms with van der Waals surface area (Å²) in [6.45, 7) is 0. The molecule has 3 nitrogen and oxygen atoms in total. The Bertz CT molecular complexity index is 242. The fourth-order valence-corrected chi connectivity index (χ4v) is 0.842. The highest BCUT2D eigenvalue weighted by Gasteiger charge is 1.91. The Morgan fingerprint density at radius 3 is 3.09 bits per heavy atom. The van der Waals surface area contributed by atoms with E-state index in [9.17, 15) is 0 Å². The molecular weight excluding hydrogens is 162 g/mol. The van der Waals surface area contributed by atoms with E-state index in [0.717, 1.165) is 12.1 Å². The maximum Gasteiger partial charge on any atom is 0.0806 e. The van der Waals surface area contributed by atoms with Gasteiger partial charge >= 0.3 is 0 Å². The standard InChI is InChI=1S/C7H10ClN3/c1-11-7(6-9-10-11)4-2-3-5-8/h2,4,6H,3,5H2,1H3/b4-2+. The highest BCUT2D eigenvalue weighted by atomic mass is 35.5. The van der Waals surface area contributed by atoms with Gasteiger partial charge in [0.15, 0.2) is 0 Å². The van der Waals surface area contributed by atoms with E-state index in [1.54, 1.807) is 10.9 Å². The first-order valence-corrected chi connectivity index (χ1v) is 3.95. The number of hydrogen-bond donors (Lipinski definition) is 0. The molecule has 0 unspecified atom stereocenters. The van der Waals surface area contributed by atoms with Crippen LogP contribution in [0.3, 0.4) is 0 Å². The minimum absolute atomic E-state index is 0.655. The van der Waals surface area contributed by atoms with Crippen molar-refractivity contribution in [1.82, 2.24) is 15.0 Å². The Balaban J connectivity index is 2.56. The van der Waals surface area contributed by atoms with Gasteiger partial charge < -0.3 is 0 Å². The van der Waals surface area contributed by atoms with Gasteiger partial charge in [0.05, 0.1) is 11.9 Å². The third kappa shape index (κ3) is 2.35. The Morgan fingerprint density at radius 2 is 2.55 bits per heavy atom. The average Bonchev–Trinajstić information content (AvgIpc) is 2.37. The maximum absolute atomic E-state index is 5.49. The molecule has 0 amide bonds. The molecule has 0 fully saturated rings. The number of allylic oxidation sites excluding steroid dienone is 1. The van der Waals surface area contributed by atoms with Crippen molar-refractivity contribution in [3.05, 3.63) is 18.0 Å². The highest BCUT2D eigenvalue weighted by Crippen LogP contribution is 1.98. The van der Waals surface area contributed by atoms with Gasteiger partial charge in [-0.2, -0.15) is 0 Å². The third-order valence-electron chi connectivity index (χ3n) is 1.31. The molecule has 0 aliphatic rings. The number of aromatic nitrogens is 3. The van der Waals surface area contributed by atoms with Crippen LogP contribution in [0.4, 0.5) is 0 Å². The van der Waals surface area contributed by atoms with E-state index in [-0.39, 0.29) is 0 Å². The van der Waals surface area contributed by atoms with E-state index in [2.05, 4.69) is 10.3 Å². The smallest absolute Gasteiger partial charge is 0.0806 e. The second-order valence-corrected chi connectivity index (χ2v) is 2.54. The molecule has 0 N–H and O–H groups in total. The van der Waals surface area contributed by atoms with Crippen molar-refractivity contribution in [2.75, 3.05) is 5.88 Å². The molecule has 0 aliphatic heterocycles. The normalized spacial score (nSPS) is 11.1. The van der Waals surface area contributed by atoms with Crippen LogP contribution in [0.15, 0.2) is 12.3 Å². The average molecular weight is 172 g/mol. The third-order valence-corrected chi connectivity index (χ3v) is 1.53. The van der Waals surface area contributed by atoms with Crippen LogP contribution >= 0.6 is 11.6 Å². The number of nitrogens with zero attached hydrogens (tertiary/aromatic N) is 3. The van der Waals surface area contributed by atoms with E-state index in [1.807, 2.05) is 19.2 Å². The maximum atomic E-state index is 5.49. The molecular formula is C7H10ClN3. The van der Waals surface area contributed by atoms with Gasteiger partial charge in [-0.1, -0.05) is 11.3 Å². The molecule has 60 valence electrons. The fourth-order valence-electron chi connectivity index (χ4n) is 0.716. The van der Waals surface area contributed by atoms with Gasteiger partial charge in [0.1, 0.15) is 0 Å². The van der Waals surface area contributed by atoms with Crippen LogP contribution in [0.5, 0.6) is 0 Å². The molecule has 1 aromatic rings. The zero-order chi connectivity index (χ0) is 8.10. The molecule has 4 heteroatoms. The summed E-state index contributed by atoms with van der Waals surface area (Å²) >= 11 is 5.49. The van der Waals surface area contributed by atoms with Gasteiger partial charge in [-0.3, -0.25) is 0 Å². The first-order chi connectivity index (χ1) is 5.34. The summed E-state index contributed by atoms with van der Waals surface area (Å²) in [7, 11) is 1.85. The molecule has 0 radical (unpaired) electrons. The van der Waals surface area contributed by atoms with Crippen LogP contribution in [0.25, 0.3) is 6.08 Å². The van der Waals surface area contributed by atoms with Crippen LogP contribution < -0.4 is 0 Å². The lowest BCUT2D eigenvalue weighted by molar-refractivity contribution is 0.709. The molecule has 0 aromatic carbocycles. The van der Waals surface area contributed by atoms with Gasteiger partial charge in [-0.25, -0.2) is 4.68 Å². The molecule has 0 bridgehead atoms.